The minimum atomic E-state index is -0.653. The van der Waals surface area contributed by atoms with Crippen molar-refractivity contribution in [3.05, 3.63) is 89.2 Å². The van der Waals surface area contributed by atoms with Crippen molar-refractivity contribution in [2.45, 2.75) is 43.9 Å². The molecule has 0 radical (unpaired) electrons. The van der Waals surface area contributed by atoms with Gasteiger partial charge in [-0.05, 0) is 115 Å². The van der Waals surface area contributed by atoms with Crippen LogP contribution in [0.4, 0.5) is 10.1 Å². The number of rotatable bonds is 9. The molecular weight excluding hydrogens is 521 g/mol. The molecule has 2 N–H and O–H groups in total. The lowest BCUT2D eigenvalue weighted by Crippen LogP contribution is -2.48. The lowest BCUT2D eigenvalue weighted by molar-refractivity contribution is -0.118. The average molecular weight is 556 g/mol. The third-order valence-electron chi connectivity index (χ3n) is 8.86. The van der Waals surface area contributed by atoms with Crippen LogP contribution in [-0.4, -0.2) is 31.7 Å². The first-order valence-corrected chi connectivity index (χ1v) is 14.2. The predicted octanol–water partition coefficient (Wildman–Crippen LogP) is 6.08. The second-order valence-electron chi connectivity index (χ2n) is 11.7. The summed E-state index contributed by atoms with van der Waals surface area (Å²) < 4.78 is 24.9. The van der Waals surface area contributed by atoms with Gasteiger partial charge >= 0.3 is 0 Å². The van der Waals surface area contributed by atoms with Gasteiger partial charge in [0.1, 0.15) is 5.82 Å². The Morgan fingerprint density at radius 1 is 0.951 bits per heavy atom. The molecule has 212 valence electrons. The van der Waals surface area contributed by atoms with Crippen molar-refractivity contribution in [3.8, 4) is 11.5 Å². The van der Waals surface area contributed by atoms with E-state index >= 15 is 0 Å². The number of methoxy groups -OCH3 is 1. The van der Waals surface area contributed by atoms with Crippen LogP contribution in [0.15, 0.2) is 71.8 Å². The summed E-state index contributed by atoms with van der Waals surface area (Å²) in [6, 6.07) is 19.1. The first kappa shape index (κ1) is 27.0. The van der Waals surface area contributed by atoms with Crippen molar-refractivity contribution in [1.82, 2.24) is 5.43 Å². The summed E-state index contributed by atoms with van der Waals surface area (Å²) in [4.78, 5) is 24.8. The van der Waals surface area contributed by atoms with E-state index in [9.17, 15) is 14.0 Å². The molecule has 4 bridgehead atoms. The van der Waals surface area contributed by atoms with E-state index in [0.29, 0.717) is 22.5 Å². The first-order chi connectivity index (χ1) is 19.9. The fourth-order valence-corrected chi connectivity index (χ4v) is 7.47. The third-order valence-corrected chi connectivity index (χ3v) is 8.86. The van der Waals surface area contributed by atoms with E-state index in [1.807, 2.05) is 12.1 Å². The zero-order chi connectivity index (χ0) is 28.4. The van der Waals surface area contributed by atoms with Crippen LogP contribution in [0.25, 0.3) is 0 Å². The standard InChI is InChI=1S/C33H34FN3O4/c1-40-30-15-21(19-35-37-32(39)27-4-2-3-5-28(27)34)6-11-29(30)41-20-31(38)36-26-9-7-25(8-10-26)33-16-22-12-23(17-33)14-24(13-22)18-33/h2-11,15,19,22-24H,12-14,16-18,20H2,1H3,(H,36,38)(H,37,39)/b35-19-. The molecule has 3 aromatic carbocycles. The van der Waals surface area contributed by atoms with Crippen molar-refractivity contribution >= 4 is 23.7 Å². The SMILES string of the molecule is COc1cc(/C=N\NC(=O)c2ccccc2F)ccc1OCC(=O)Nc1ccc(C23CC4CC(CC(C4)C2)C3)cc1. The van der Waals surface area contributed by atoms with Gasteiger partial charge in [-0.15, -0.1) is 0 Å². The van der Waals surface area contributed by atoms with Gasteiger partial charge in [0, 0.05) is 5.69 Å². The highest BCUT2D eigenvalue weighted by Gasteiger charge is 2.51. The zero-order valence-electron chi connectivity index (χ0n) is 23.1. The average Bonchev–Trinajstić information content (AvgIpc) is 2.96. The van der Waals surface area contributed by atoms with Crippen molar-refractivity contribution in [2.75, 3.05) is 19.0 Å². The number of nitrogens with zero attached hydrogens (tertiary/aromatic N) is 1. The number of hydrogen-bond donors (Lipinski definition) is 2. The molecule has 0 spiro atoms. The smallest absolute Gasteiger partial charge is 0.274 e. The molecule has 4 fully saturated rings. The Kier molecular flexibility index (Phi) is 7.47. The normalized spacial score (nSPS) is 24.3. The van der Waals surface area contributed by atoms with E-state index in [1.165, 1.54) is 75.6 Å². The maximum absolute atomic E-state index is 13.8. The Morgan fingerprint density at radius 3 is 2.29 bits per heavy atom. The lowest BCUT2D eigenvalue weighted by Gasteiger charge is -2.57. The Labute approximate surface area is 239 Å². The summed E-state index contributed by atoms with van der Waals surface area (Å²) in [7, 11) is 1.49. The molecule has 0 unspecified atom stereocenters. The van der Waals surface area contributed by atoms with E-state index < -0.39 is 11.7 Å². The zero-order valence-corrected chi connectivity index (χ0v) is 23.1. The van der Waals surface area contributed by atoms with Gasteiger partial charge in [-0.1, -0.05) is 24.3 Å². The summed E-state index contributed by atoms with van der Waals surface area (Å²) in [5, 5.41) is 6.82. The van der Waals surface area contributed by atoms with E-state index in [1.54, 1.807) is 24.3 Å². The van der Waals surface area contributed by atoms with Crippen LogP contribution >= 0.6 is 0 Å². The van der Waals surface area contributed by atoms with E-state index in [4.69, 9.17) is 9.47 Å². The Hall–Kier alpha value is -4.20. The molecule has 41 heavy (non-hydrogen) atoms. The minimum absolute atomic E-state index is 0.0946. The van der Waals surface area contributed by atoms with E-state index in [-0.39, 0.29) is 18.1 Å². The molecule has 0 aromatic heterocycles. The Morgan fingerprint density at radius 2 is 1.63 bits per heavy atom. The molecule has 4 aliphatic rings. The van der Waals surface area contributed by atoms with Gasteiger partial charge in [-0.2, -0.15) is 5.10 Å². The second-order valence-corrected chi connectivity index (χ2v) is 11.7. The van der Waals surface area contributed by atoms with Crippen LogP contribution in [0.2, 0.25) is 0 Å². The molecule has 2 amide bonds. The molecule has 0 heterocycles. The number of amides is 2. The van der Waals surface area contributed by atoms with Gasteiger partial charge in [-0.25, -0.2) is 9.82 Å². The fourth-order valence-electron chi connectivity index (χ4n) is 7.47. The number of carbonyl (C=O) groups excluding carboxylic acids is 2. The van der Waals surface area contributed by atoms with Crippen LogP contribution in [0.3, 0.4) is 0 Å². The number of halogens is 1. The highest BCUT2D eigenvalue weighted by Crippen LogP contribution is 2.60. The van der Waals surface area contributed by atoms with Crippen LogP contribution in [0.5, 0.6) is 11.5 Å². The minimum Gasteiger partial charge on any atom is -0.493 e. The third kappa shape index (κ3) is 5.82. The molecule has 4 saturated carbocycles. The molecule has 4 aliphatic carbocycles. The molecular formula is C33H34FN3O4. The number of benzene rings is 3. The second kappa shape index (κ2) is 11.4. The maximum Gasteiger partial charge on any atom is 0.274 e. The highest BCUT2D eigenvalue weighted by atomic mass is 19.1. The molecule has 0 aliphatic heterocycles. The molecule has 0 atom stereocenters. The number of hydrazone groups is 1. The van der Waals surface area contributed by atoms with Gasteiger partial charge in [0.15, 0.2) is 18.1 Å². The van der Waals surface area contributed by atoms with Crippen LogP contribution in [0, 0.1) is 23.6 Å². The van der Waals surface area contributed by atoms with Gasteiger partial charge < -0.3 is 14.8 Å². The van der Waals surface area contributed by atoms with Gasteiger partial charge in [0.25, 0.3) is 11.8 Å². The molecule has 7 rings (SSSR count). The van der Waals surface area contributed by atoms with Gasteiger partial charge in [0.2, 0.25) is 0 Å². The van der Waals surface area contributed by atoms with Crippen LogP contribution < -0.4 is 20.2 Å². The number of hydrogen-bond acceptors (Lipinski definition) is 5. The topological polar surface area (TPSA) is 89.0 Å². The predicted molar refractivity (Wildman–Crippen MR) is 155 cm³/mol. The van der Waals surface area contributed by atoms with Gasteiger partial charge in [-0.3, -0.25) is 9.59 Å². The Bertz CT molecular complexity index is 1430. The molecule has 0 saturated heterocycles. The highest BCUT2D eigenvalue weighted by molar-refractivity contribution is 5.95. The number of anilines is 1. The fraction of sp³-hybridized carbons (Fsp3) is 0.364. The molecule has 8 heteroatoms. The van der Waals surface area contributed by atoms with Crippen molar-refractivity contribution < 1.29 is 23.5 Å². The summed E-state index contributed by atoms with van der Waals surface area (Å²) in [6.45, 7) is -0.181. The lowest BCUT2D eigenvalue weighted by atomic mass is 9.48. The summed E-state index contributed by atoms with van der Waals surface area (Å²) in [6.07, 6.45) is 9.61. The van der Waals surface area contributed by atoms with Crippen LogP contribution in [0.1, 0.15) is 60.0 Å². The van der Waals surface area contributed by atoms with Crippen molar-refractivity contribution in [1.29, 1.82) is 0 Å². The number of ether oxygens (including phenoxy) is 2. The molecule has 3 aromatic rings. The quantitative estimate of drug-likeness (QED) is 0.247. The van der Waals surface area contributed by atoms with Crippen LogP contribution in [-0.2, 0) is 10.2 Å². The number of carbonyl (C=O) groups is 2. The van der Waals surface area contributed by atoms with Gasteiger partial charge in [0.05, 0.1) is 18.9 Å². The van der Waals surface area contributed by atoms with Crippen molar-refractivity contribution in [2.24, 2.45) is 22.9 Å². The first-order valence-electron chi connectivity index (χ1n) is 14.2. The summed E-state index contributed by atoms with van der Waals surface area (Å²) >= 11 is 0. The number of nitrogens with one attached hydrogen (secondary N) is 2. The monoisotopic (exact) mass is 555 g/mol. The maximum atomic E-state index is 13.8. The molecule has 7 nitrogen and oxygen atoms in total. The summed E-state index contributed by atoms with van der Waals surface area (Å²) in [5.41, 5.74) is 5.34. The van der Waals surface area contributed by atoms with E-state index in [0.717, 1.165) is 23.4 Å². The van der Waals surface area contributed by atoms with Crippen molar-refractivity contribution in [3.63, 3.8) is 0 Å². The summed E-state index contributed by atoms with van der Waals surface area (Å²) in [5.74, 6) is 1.93. The van der Waals surface area contributed by atoms with E-state index in [2.05, 4.69) is 28.0 Å². The largest absolute Gasteiger partial charge is 0.493 e. The Balaban J connectivity index is 1.02.